The number of azide groups is 1. The molecule has 1 aromatic carbocycles. The van der Waals surface area contributed by atoms with Crippen LogP contribution >= 0.6 is 11.6 Å². The van der Waals surface area contributed by atoms with Crippen LogP contribution in [0.15, 0.2) is 29.4 Å². The molecular weight excluding hydrogens is 280 g/mol. The van der Waals surface area contributed by atoms with E-state index in [2.05, 4.69) is 15.0 Å². The van der Waals surface area contributed by atoms with Gasteiger partial charge < -0.3 is 10.2 Å². The van der Waals surface area contributed by atoms with Gasteiger partial charge in [0.25, 0.3) is 0 Å². The highest BCUT2D eigenvalue weighted by atomic mass is 35.5. The molecule has 0 saturated heterocycles. The Labute approximate surface area is 120 Å². The van der Waals surface area contributed by atoms with Gasteiger partial charge in [0.05, 0.1) is 18.2 Å². The predicted molar refractivity (Wildman–Crippen MR) is 76.5 cm³/mol. The molecule has 104 valence electrons. The summed E-state index contributed by atoms with van der Waals surface area (Å²) in [5.41, 5.74) is 10.3. The van der Waals surface area contributed by atoms with Crippen LogP contribution in [0.2, 0.25) is 5.15 Å². The molecule has 2 aromatic rings. The molecule has 2 atom stereocenters. The number of rotatable bonds is 4. The normalized spacial score (nSPS) is 13.8. The van der Waals surface area contributed by atoms with Crippen molar-refractivity contribution in [3.63, 3.8) is 0 Å². The van der Waals surface area contributed by atoms with Crippen LogP contribution in [0.25, 0.3) is 21.3 Å². The molecule has 0 aliphatic heterocycles. The first-order valence-electron chi connectivity index (χ1n) is 5.97. The van der Waals surface area contributed by atoms with E-state index in [-0.39, 0.29) is 11.7 Å². The third-order valence-electron chi connectivity index (χ3n) is 3.04. The molecule has 0 saturated carbocycles. The van der Waals surface area contributed by atoms with E-state index in [0.717, 1.165) is 16.5 Å². The van der Waals surface area contributed by atoms with Crippen LogP contribution in [0.3, 0.4) is 0 Å². The Balaban J connectivity index is 2.44. The summed E-state index contributed by atoms with van der Waals surface area (Å²) in [5.74, 6) is 0. The van der Waals surface area contributed by atoms with Gasteiger partial charge in [0, 0.05) is 15.9 Å². The minimum atomic E-state index is -1.26. The van der Waals surface area contributed by atoms with Crippen molar-refractivity contribution < 1.29 is 10.2 Å². The molecule has 20 heavy (non-hydrogen) atoms. The number of pyridine rings is 1. The second-order valence-corrected chi connectivity index (χ2v) is 4.80. The predicted octanol–water partition coefficient (Wildman–Crippen LogP) is 2.90. The van der Waals surface area contributed by atoms with E-state index in [1.807, 2.05) is 25.1 Å². The van der Waals surface area contributed by atoms with E-state index in [4.69, 9.17) is 17.1 Å². The summed E-state index contributed by atoms with van der Waals surface area (Å²) in [5, 5.41) is 24.0. The van der Waals surface area contributed by atoms with E-state index in [1.54, 1.807) is 6.07 Å². The maximum absolute atomic E-state index is 10.1. The van der Waals surface area contributed by atoms with Crippen LogP contribution in [-0.2, 0) is 0 Å². The van der Waals surface area contributed by atoms with Crippen LogP contribution in [-0.4, -0.2) is 27.8 Å². The van der Waals surface area contributed by atoms with E-state index >= 15 is 0 Å². The zero-order valence-corrected chi connectivity index (χ0v) is 11.5. The molecule has 0 radical (unpaired) electrons. The van der Waals surface area contributed by atoms with Gasteiger partial charge in [-0.2, -0.15) is 0 Å². The first-order valence-corrected chi connectivity index (χ1v) is 6.35. The largest absolute Gasteiger partial charge is 0.390 e. The molecule has 1 heterocycles. The summed E-state index contributed by atoms with van der Waals surface area (Å²) >= 11 is 6.06. The van der Waals surface area contributed by atoms with Crippen molar-refractivity contribution in [2.75, 3.05) is 6.54 Å². The monoisotopic (exact) mass is 292 g/mol. The second-order valence-electron chi connectivity index (χ2n) is 4.44. The Bertz CT molecular complexity index is 685. The van der Waals surface area contributed by atoms with Gasteiger partial charge in [-0.25, -0.2) is 4.98 Å². The van der Waals surface area contributed by atoms with Gasteiger partial charge in [-0.3, -0.25) is 0 Å². The molecule has 0 fully saturated rings. The molecule has 2 unspecified atom stereocenters. The topological polar surface area (TPSA) is 102 Å². The van der Waals surface area contributed by atoms with Crippen LogP contribution in [0.5, 0.6) is 0 Å². The van der Waals surface area contributed by atoms with Gasteiger partial charge >= 0.3 is 0 Å². The number of nitrogens with zero attached hydrogens (tertiary/aromatic N) is 4. The number of aryl methyl sites for hydroxylation is 1. The number of hydrogen-bond donors (Lipinski definition) is 2. The van der Waals surface area contributed by atoms with Gasteiger partial charge in [0.2, 0.25) is 0 Å². The van der Waals surface area contributed by atoms with E-state index in [1.165, 1.54) is 0 Å². The summed E-state index contributed by atoms with van der Waals surface area (Å²) < 4.78 is 0. The lowest BCUT2D eigenvalue weighted by atomic mass is 10.0. The van der Waals surface area contributed by atoms with Gasteiger partial charge in [-0.1, -0.05) is 34.9 Å². The van der Waals surface area contributed by atoms with Crippen LogP contribution < -0.4 is 0 Å². The molecule has 7 heteroatoms. The molecule has 0 aliphatic carbocycles. The third-order valence-corrected chi connectivity index (χ3v) is 3.35. The third kappa shape index (κ3) is 2.84. The number of aromatic nitrogens is 1. The first-order chi connectivity index (χ1) is 9.54. The number of aliphatic hydroxyl groups is 2. The van der Waals surface area contributed by atoms with Crippen molar-refractivity contribution in [2.45, 2.75) is 19.1 Å². The van der Waals surface area contributed by atoms with Crippen molar-refractivity contribution in [2.24, 2.45) is 5.11 Å². The first kappa shape index (κ1) is 14.6. The Morgan fingerprint density at radius 3 is 2.90 bits per heavy atom. The molecule has 0 spiro atoms. The fraction of sp³-hybridized carbons (Fsp3) is 0.308. The maximum Gasteiger partial charge on any atom is 0.135 e. The molecule has 2 rings (SSSR count). The molecule has 6 nitrogen and oxygen atoms in total. The highest BCUT2D eigenvalue weighted by Crippen LogP contribution is 2.29. The zero-order chi connectivity index (χ0) is 14.7. The average Bonchev–Trinajstić information content (AvgIpc) is 2.44. The molecule has 0 aliphatic rings. The number of aliphatic hydroxyl groups excluding tert-OH is 2. The fourth-order valence-corrected chi connectivity index (χ4v) is 2.23. The lowest BCUT2D eigenvalue weighted by molar-refractivity contribution is 0.0243. The number of hydrogen-bond acceptors (Lipinski definition) is 4. The smallest absolute Gasteiger partial charge is 0.135 e. The van der Waals surface area contributed by atoms with Crippen molar-refractivity contribution in [1.29, 1.82) is 0 Å². The lowest BCUT2D eigenvalue weighted by Gasteiger charge is -2.18. The summed E-state index contributed by atoms with van der Waals surface area (Å²) in [6, 6.07) is 7.32. The summed E-state index contributed by atoms with van der Waals surface area (Å²) in [6.45, 7) is 1.68. The van der Waals surface area contributed by atoms with Gasteiger partial charge in [-0.15, -0.1) is 0 Å². The Morgan fingerprint density at radius 2 is 2.20 bits per heavy atom. The van der Waals surface area contributed by atoms with Crippen LogP contribution in [0.4, 0.5) is 0 Å². The number of fused-ring (bicyclic) bond motifs is 1. The summed E-state index contributed by atoms with van der Waals surface area (Å²) in [4.78, 5) is 6.79. The van der Waals surface area contributed by atoms with E-state index in [9.17, 15) is 10.2 Å². The Hall–Kier alpha value is -1.85. The van der Waals surface area contributed by atoms with Crippen LogP contribution in [0, 0.1) is 6.92 Å². The number of benzene rings is 1. The SMILES string of the molecule is Cc1cccc2cc(C(O)C(O)CN=[N+]=[N-])c(Cl)nc12. The zero-order valence-electron chi connectivity index (χ0n) is 10.7. The van der Waals surface area contributed by atoms with Gasteiger partial charge in [0.1, 0.15) is 11.3 Å². The standard InChI is InChI=1S/C13H13ClN4O2/c1-7-3-2-4-8-5-9(13(14)17-11(7)8)12(20)10(19)6-16-18-15/h2-5,10,12,19-20H,6H2,1H3. The van der Waals surface area contributed by atoms with Gasteiger partial charge in [-0.05, 0) is 24.1 Å². The molecule has 1 aromatic heterocycles. The minimum absolute atomic E-state index is 0.124. The summed E-state index contributed by atoms with van der Waals surface area (Å²) in [7, 11) is 0. The molecule has 0 amide bonds. The highest BCUT2D eigenvalue weighted by Gasteiger charge is 2.21. The van der Waals surface area contributed by atoms with Gasteiger partial charge in [0.15, 0.2) is 0 Å². The van der Waals surface area contributed by atoms with Crippen molar-refractivity contribution in [3.05, 3.63) is 51.0 Å². The second kappa shape index (κ2) is 6.07. The highest BCUT2D eigenvalue weighted by molar-refractivity contribution is 6.30. The van der Waals surface area contributed by atoms with Crippen molar-refractivity contribution in [1.82, 2.24) is 4.98 Å². The molecular formula is C13H13ClN4O2. The Kier molecular flexibility index (Phi) is 4.42. The molecule has 2 N–H and O–H groups in total. The van der Waals surface area contributed by atoms with E-state index in [0.29, 0.717) is 5.56 Å². The maximum atomic E-state index is 10.1. The van der Waals surface area contributed by atoms with E-state index < -0.39 is 12.2 Å². The average molecular weight is 293 g/mol. The van der Waals surface area contributed by atoms with Crippen molar-refractivity contribution >= 4 is 22.5 Å². The fourth-order valence-electron chi connectivity index (χ4n) is 1.98. The van der Waals surface area contributed by atoms with Crippen LogP contribution in [0.1, 0.15) is 17.2 Å². The summed E-state index contributed by atoms with van der Waals surface area (Å²) in [6.07, 6.45) is -2.49. The molecule has 0 bridgehead atoms. The van der Waals surface area contributed by atoms with Crippen molar-refractivity contribution in [3.8, 4) is 0 Å². The number of para-hydroxylation sites is 1. The quantitative estimate of drug-likeness (QED) is 0.392. The number of halogens is 1. The Morgan fingerprint density at radius 1 is 1.45 bits per heavy atom. The minimum Gasteiger partial charge on any atom is -0.390 e. The lowest BCUT2D eigenvalue weighted by Crippen LogP contribution is -2.21.